The van der Waals surface area contributed by atoms with Gasteiger partial charge in [-0.2, -0.15) is 0 Å². The lowest BCUT2D eigenvalue weighted by Crippen LogP contribution is -2.34. The first-order valence-electron chi connectivity index (χ1n) is 8.35. The van der Waals surface area contributed by atoms with Crippen LogP contribution in [0.2, 0.25) is 0 Å². The summed E-state index contributed by atoms with van der Waals surface area (Å²) in [6.45, 7) is 2.15. The van der Waals surface area contributed by atoms with Crippen LogP contribution in [-0.2, 0) is 4.79 Å². The summed E-state index contributed by atoms with van der Waals surface area (Å²) in [7, 11) is 3.17. The predicted octanol–water partition coefficient (Wildman–Crippen LogP) is 3.58. The molecule has 0 unspecified atom stereocenters. The van der Waals surface area contributed by atoms with Crippen molar-refractivity contribution in [1.29, 1.82) is 0 Å². The number of nitrogens with zero attached hydrogens (tertiary/aromatic N) is 1. The molecule has 0 saturated carbocycles. The highest BCUT2D eigenvalue weighted by Crippen LogP contribution is 2.28. The molecule has 0 aromatic heterocycles. The molecule has 2 rings (SSSR count). The van der Waals surface area contributed by atoms with E-state index in [-0.39, 0.29) is 18.3 Å². The van der Waals surface area contributed by atoms with E-state index in [1.54, 1.807) is 25.2 Å². The molecule has 2 aromatic rings. The van der Waals surface area contributed by atoms with Crippen LogP contribution in [0.1, 0.15) is 17.3 Å². The highest BCUT2D eigenvalue weighted by molar-refractivity contribution is 9.10. The maximum Gasteiger partial charge on any atom is 0.260 e. The van der Waals surface area contributed by atoms with Crippen molar-refractivity contribution in [3.8, 4) is 17.2 Å². The minimum atomic E-state index is -0.188. The fourth-order valence-electron chi connectivity index (χ4n) is 2.21. The molecule has 0 heterocycles. The maximum atomic E-state index is 12.2. The van der Waals surface area contributed by atoms with Gasteiger partial charge in [-0.1, -0.05) is 15.9 Å². The van der Waals surface area contributed by atoms with Gasteiger partial charge in [-0.05, 0) is 49.4 Å². The number of methoxy groups -OCH3 is 1. The van der Waals surface area contributed by atoms with Crippen LogP contribution in [0.3, 0.4) is 0 Å². The first-order chi connectivity index (χ1) is 12.9. The van der Waals surface area contributed by atoms with E-state index >= 15 is 0 Å². The van der Waals surface area contributed by atoms with E-state index in [0.717, 1.165) is 10.2 Å². The Labute approximate surface area is 167 Å². The molecule has 0 bridgehead atoms. The van der Waals surface area contributed by atoms with E-state index in [2.05, 4.69) is 15.9 Å². The second kappa shape index (κ2) is 9.97. The molecule has 0 spiro atoms. The van der Waals surface area contributed by atoms with E-state index in [0.29, 0.717) is 30.2 Å². The largest absolute Gasteiger partial charge is 0.493 e. The average Bonchev–Trinajstić information content (AvgIpc) is 2.67. The van der Waals surface area contributed by atoms with Crippen LogP contribution in [0.5, 0.6) is 17.2 Å². The van der Waals surface area contributed by atoms with Crippen molar-refractivity contribution in [2.24, 2.45) is 0 Å². The molecule has 2 aromatic carbocycles. The lowest BCUT2D eigenvalue weighted by molar-refractivity contribution is -0.132. The van der Waals surface area contributed by atoms with Gasteiger partial charge in [-0.15, -0.1) is 0 Å². The van der Waals surface area contributed by atoms with E-state index in [9.17, 15) is 9.59 Å². The Kier molecular flexibility index (Phi) is 7.67. The number of halogens is 1. The fraction of sp³-hybridized carbons (Fsp3) is 0.300. The predicted molar refractivity (Wildman–Crippen MR) is 106 cm³/mol. The number of benzene rings is 2. The number of likely N-dealkylation sites (N-methyl/N-ethyl adjacent to an activating group) is 1. The minimum absolute atomic E-state index is 0.0681. The molecule has 144 valence electrons. The van der Waals surface area contributed by atoms with Crippen LogP contribution in [0.25, 0.3) is 0 Å². The first-order valence-corrected chi connectivity index (χ1v) is 9.14. The van der Waals surface area contributed by atoms with Gasteiger partial charge >= 0.3 is 0 Å². The molecule has 0 aliphatic carbocycles. The standard InChI is InChI=1S/C20H22BrNO5/c1-14(23)15-4-9-18(19(12-15)25-3)27-13-20(24)22(2)10-11-26-17-7-5-16(21)6-8-17/h4-9,12H,10-11,13H2,1-3H3. The molecule has 6 nitrogen and oxygen atoms in total. The number of ketones is 1. The van der Waals surface area contributed by atoms with Gasteiger partial charge in [0.05, 0.1) is 13.7 Å². The smallest absolute Gasteiger partial charge is 0.260 e. The van der Waals surface area contributed by atoms with Crippen LogP contribution in [0, 0.1) is 0 Å². The molecule has 7 heteroatoms. The van der Waals surface area contributed by atoms with Crippen LogP contribution >= 0.6 is 15.9 Å². The number of Topliss-reactive ketones (excluding diaryl/α,β-unsaturated/α-hetero) is 1. The Morgan fingerprint density at radius 1 is 1.04 bits per heavy atom. The molecule has 0 radical (unpaired) electrons. The van der Waals surface area contributed by atoms with Gasteiger partial charge in [-0.3, -0.25) is 9.59 Å². The highest BCUT2D eigenvalue weighted by atomic mass is 79.9. The van der Waals surface area contributed by atoms with Crippen LogP contribution < -0.4 is 14.2 Å². The molecule has 0 fully saturated rings. The van der Waals surface area contributed by atoms with Crippen molar-refractivity contribution in [1.82, 2.24) is 4.90 Å². The summed E-state index contributed by atoms with van der Waals surface area (Å²) in [5.41, 5.74) is 0.521. The summed E-state index contributed by atoms with van der Waals surface area (Å²) in [5.74, 6) is 1.31. The van der Waals surface area contributed by atoms with Gasteiger partial charge in [-0.25, -0.2) is 0 Å². The zero-order chi connectivity index (χ0) is 19.8. The third kappa shape index (κ3) is 6.29. The highest BCUT2D eigenvalue weighted by Gasteiger charge is 2.13. The Balaban J connectivity index is 1.82. The zero-order valence-corrected chi connectivity index (χ0v) is 17.1. The van der Waals surface area contributed by atoms with Crippen molar-refractivity contribution >= 4 is 27.6 Å². The molecule has 0 aliphatic rings. The molecule has 0 saturated heterocycles. The van der Waals surface area contributed by atoms with Gasteiger partial charge in [0.1, 0.15) is 12.4 Å². The molecular weight excluding hydrogens is 414 g/mol. The minimum Gasteiger partial charge on any atom is -0.493 e. The fourth-order valence-corrected chi connectivity index (χ4v) is 2.48. The maximum absolute atomic E-state index is 12.2. The van der Waals surface area contributed by atoms with E-state index in [1.807, 2.05) is 24.3 Å². The number of hydrogen-bond acceptors (Lipinski definition) is 5. The summed E-state index contributed by atoms with van der Waals surface area (Å²) in [4.78, 5) is 25.2. The molecule has 0 aliphatic heterocycles. The van der Waals surface area contributed by atoms with Gasteiger partial charge in [0.2, 0.25) is 0 Å². The van der Waals surface area contributed by atoms with Crippen LogP contribution in [-0.4, -0.2) is 50.5 Å². The molecule has 0 N–H and O–H groups in total. The van der Waals surface area contributed by atoms with Crippen LogP contribution in [0.4, 0.5) is 0 Å². The number of hydrogen-bond donors (Lipinski definition) is 0. The zero-order valence-electron chi connectivity index (χ0n) is 15.5. The van der Waals surface area contributed by atoms with Crippen molar-refractivity contribution in [2.45, 2.75) is 6.92 Å². The van der Waals surface area contributed by atoms with Crippen LogP contribution in [0.15, 0.2) is 46.9 Å². The number of rotatable bonds is 9. The monoisotopic (exact) mass is 435 g/mol. The summed E-state index contributed by atoms with van der Waals surface area (Å²) < 4.78 is 17.4. The van der Waals surface area contributed by atoms with E-state index in [1.165, 1.54) is 18.9 Å². The van der Waals surface area contributed by atoms with Gasteiger partial charge < -0.3 is 19.1 Å². The van der Waals surface area contributed by atoms with Crippen molar-refractivity contribution in [2.75, 3.05) is 33.9 Å². The van der Waals surface area contributed by atoms with Gasteiger partial charge in [0.25, 0.3) is 5.91 Å². The third-order valence-electron chi connectivity index (χ3n) is 3.86. The van der Waals surface area contributed by atoms with E-state index in [4.69, 9.17) is 14.2 Å². The van der Waals surface area contributed by atoms with Crippen molar-refractivity contribution < 1.29 is 23.8 Å². The molecular formula is C20H22BrNO5. The second-order valence-electron chi connectivity index (χ2n) is 5.83. The van der Waals surface area contributed by atoms with E-state index < -0.39 is 0 Å². The van der Waals surface area contributed by atoms with Crippen molar-refractivity contribution in [3.05, 3.63) is 52.5 Å². The Morgan fingerprint density at radius 2 is 1.74 bits per heavy atom. The van der Waals surface area contributed by atoms with Gasteiger partial charge in [0, 0.05) is 17.1 Å². The Hall–Kier alpha value is -2.54. The quantitative estimate of drug-likeness (QED) is 0.563. The summed E-state index contributed by atoms with van der Waals surface area (Å²) in [6.07, 6.45) is 0. The number of carbonyl (C=O) groups is 2. The third-order valence-corrected chi connectivity index (χ3v) is 4.38. The SMILES string of the molecule is COc1cc(C(C)=O)ccc1OCC(=O)N(C)CCOc1ccc(Br)cc1. The second-order valence-corrected chi connectivity index (χ2v) is 6.74. The average molecular weight is 436 g/mol. The lowest BCUT2D eigenvalue weighted by Gasteiger charge is -2.18. The Bertz CT molecular complexity index is 791. The Morgan fingerprint density at radius 3 is 2.37 bits per heavy atom. The van der Waals surface area contributed by atoms with Gasteiger partial charge in [0.15, 0.2) is 23.9 Å². The first kappa shape index (κ1) is 20.8. The summed E-state index contributed by atoms with van der Waals surface area (Å²) >= 11 is 3.37. The summed E-state index contributed by atoms with van der Waals surface area (Å²) in [6, 6.07) is 12.3. The molecule has 0 atom stereocenters. The number of ether oxygens (including phenoxy) is 3. The van der Waals surface area contributed by atoms with Crippen molar-refractivity contribution in [3.63, 3.8) is 0 Å². The normalized spacial score (nSPS) is 10.2. The summed E-state index contributed by atoms with van der Waals surface area (Å²) in [5, 5.41) is 0. The number of amides is 1. The topological polar surface area (TPSA) is 65.1 Å². The lowest BCUT2D eigenvalue weighted by atomic mass is 10.1. The molecule has 1 amide bonds. The number of carbonyl (C=O) groups excluding carboxylic acids is 2. The molecule has 27 heavy (non-hydrogen) atoms.